The maximum Gasteiger partial charge on any atom is 0.257 e. The maximum atomic E-state index is 12.4. The molecule has 19 heavy (non-hydrogen) atoms. The zero-order valence-corrected chi connectivity index (χ0v) is 12.1. The maximum absolute atomic E-state index is 12.4. The first-order chi connectivity index (χ1) is 9.15. The summed E-state index contributed by atoms with van der Waals surface area (Å²) in [6, 6.07) is 3.52. The molecule has 0 aliphatic carbocycles. The summed E-state index contributed by atoms with van der Waals surface area (Å²) in [6.07, 6.45) is 0.878. The van der Waals surface area contributed by atoms with Gasteiger partial charge in [0, 0.05) is 18.0 Å². The quantitative estimate of drug-likeness (QED) is 0.813. The van der Waals surface area contributed by atoms with E-state index < -0.39 is 0 Å². The SMILES string of the molecule is O=C(c1cc(Cl)nnc1Cl)N1CCc2sccc2C1. The number of amides is 1. The molecule has 3 heterocycles. The number of fused-ring (bicyclic) bond motifs is 1. The fourth-order valence-corrected chi connectivity index (χ4v) is 3.30. The van der Waals surface area contributed by atoms with E-state index in [2.05, 4.69) is 21.6 Å². The van der Waals surface area contributed by atoms with Crippen molar-refractivity contribution in [3.63, 3.8) is 0 Å². The number of aromatic nitrogens is 2. The Morgan fingerprint density at radius 3 is 3.05 bits per heavy atom. The molecule has 0 saturated carbocycles. The lowest BCUT2D eigenvalue weighted by atomic mass is 10.1. The second-order valence-corrected chi connectivity index (χ2v) is 5.96. The van der Waals surface area contributed by atoms with Crippen LogP contribution in [0.15, 0.2) is 17.5 Å². The zero-order valence-electron chi connectivity index (χ0n) is 9.77. The number of hydrogen-bond acceptors (Lipinski definition) is 4. The first kappa shape index (κ1) is 12.8. The van der Waals surface area contributed by atoms with Gasteiger partial charge in [-0.15, -0.1) is 21.5 Å². The molecule has 1 amide bonds. The Morgan fingerprint density at radius 2 is 2.21 bits per heavy atom. The van der Waals surface area contributed by atoms with Gasteiger partial charge in [0.05, 0.1) is 5.56 Å². The molecule has 0 saturated heterocycles. The van der Waals surface area contributed by atoms with Crippen molar-refractivity contribution < 1.29 is 4.79 Å². The predicted octanol–water partition coefficient (Wildman–Crippen LogP) is 3.04. The van der Waals surface area contributed by atoms with E-state index in [0.29, 0.717) is 18.7 Å². The minimum absolute atomic E-state index is 0.0884. The summed E-state index contributed by atoms with van der Waals surface area (Å²) in [4.78, 5) is 15.5. The van der Waals surface area contributed by atoms with Gasteiger partial charge >= 0.3 is 0 Å². The Labute approximate surface area is 124 Å². The third-order valence-corrected chi connectivity index (χ3v) is 4.53. The van der Waals surface area contributed by atoms with Crippen molar-refractivity contribution in [3.8, 4) is 0 Å². The minimum Gasteiger partial charge on any atom is -0.334 e. The number of carbonyl (C=O) groups is 1. The largest absolute Gasteiger partial charge is 0.334 e. The van der Waals surface area contributed by atoms with Crippen molar-refractivity contribution in [2.24, 2.45) is 0 Å². The average Bonchev–Trinajstić information content (AvgIpc) is 2.88. The summed E-state index contributed by atoms with van der Waals surface area (Å²) in [6.45, 7) is 1.29. The molecule has 0 bridgehead atoms. The third-order valence-electron chi connectivity index (χ3n) is 3.04. The van der Waals surface area contributed by atoms with Crippen LogP contribution in [0.3, 0.4) is 0 Å². The van der Waals surface area contributed by atoms with Crippen LogP contribution in [0.4, 0.5) is 0 Å². The molecule has 0 atom stereocenters. The fraction of sp³-hybridized carbons (Fsp3) is 0.250. The van der Waals surface area contributed by atoms with E-state index >= 15 is 0 Å². The lowest BCUT2D eigenvalue weighted by molar-refractivity contribution is 0.0735. The zero-order chi connectivity index (χ0) is 13.4. The van der Waals surface area contributed by atoms with Gasteiger partial charge in [-0.2, -0.15) is 0 Å². The molecule has 0 aromatic carbocycles. The van der Waals surface area contributed by atoms with Crippen molar-refractivity contribution in [1.82, 2.24) is 15.1 Å². The van der Waals surface area contributed by atoms with Crippen molar-refractivity contribution in [1.29, 1.82) is 0 Å². The highest BCUT2D eigenvalue weighted by atomic mass is 35.5. The van der Waals surface area contributed by atoms with Crippen LogP contribution in [0.25, 0.3) is 0 Å². The number of halogens is 2. The van der Waals surface area contributed by atoms with Gasteiger partial charge < -0.3 is 4.90 Å². The Balaban J connectivity index is 1.87. The predicted molar refractivity (Wildman–Crippen MR) is 74.8 cm³/mol. The molecule has 2 aromatic heterocycles. The molecular weight excluding hydrogens is 305 g/mol. The number of nitrogens with zero attached hydrogens (tertiary/aromatic N) is 3. The van der Waals surface area contributed by atoms with Crippen molar-refractivity contribution in [2.45, 2.75) is 13.0 Å². The molecule has 0 fully saturated rings. The van der Waals surface area contributed by atoms with Crippen molar-refractivity contribution in [2.75, 3.05) is 6.54 Å². The second-order valence-electron chi connectivity index (χ2n) is 4.22. The fourth-order valence-electron chi connectivity index (χ4n) is 2.10. The van der Waals surface area contributed by atoms with Gasteiger partial charge in [-0.25, -0.2) is 0 Å². The Hall–Kier alpha value is -1.17. The standard InChI is InChI=1S/C12H9Cl2N3OS/c13-10-5-8(11(14)16-15-10)12(18)17-3-1-9-7(6-17)2-4-19-9/h2,4-5H,1,3,6H2. The summed E-state index contributed by atoms with van der Waals surface area (Å²) in [7, 11) is 0. The van der Waals surface area contributed by atoms with E-state index in [1.165, 1.54) is 16.5 Å². The molecule has 1 aliphatic heterocycles. The van der Waals surface area contributed by atoms with Crippen LogP contribution in [0, 0.1) is 0 Å². The van der Waals surface area contributed by atoms with E-state index in [9.17, 15) is 4.79 Å². The van der Waals surface area contributed by atoms with Crippen molar-refractivity contribution >= 4 is 40.4 Å². The summed E-state index contributed by atoms with van der Waals surface area (Å²) < 4.78 is 0. The highest BCUT2D eigenvalue weighted by Crippen LogP contribution is 2.26. The molecule has 98 valence electrons. The summed E-state index contributed by atoms with van der Waals surface area (Å²) in [5.74, 6) is -0.154. The van der Waals surface area contributed by atoms with E-state index in [4.69, 9.17) is 23.2 Å². The highest BCUT2D eigenvalue weighted by molar-refractivity contribution is 7.10. The molecule has 3 rings (SSSR count). The summed E-state index contributed by atoms with van der Waals surface area (Å²) in [5.41, 5.74) is 1.51. The smallest absolute Gasteiger partial charge is 0.257 e. The van der Waals surface area contributed by atoms with Crippen LogP contribution in [0.5, 0.6) is 0 Å². The van der Waals surface area contributed by atoms with Gasteiger partial charge in [-0.1, -0.05) is 23.2 Å². The average molecular weight is 314 g/mol. The van der Waals surface area contributed by atoms with Gasteiger partial charge in [0.15, 0.2) is 10.3 Å². The molecule has 0 unspecified atom stereocenters. The van der Waals surface area contributed by atoms with Gasteiger partial charge in [-0.3, -0.25) is 4.79 Å². The van der Waals surface area contributed by atoms with Gasteiger partial charge in [0.25, 0.3) is 5.91 Å². The topological polar surface area (TPSA) is 46.1 Å². The molecule has 0 spiro atoms. The number of carbonyl (C=O) groups excluding carboxylic acids is 1. The Kier molecular flexibility index (Phi) is 3.43. The Bertz CT molecular complexity index is 644. The van der Waals surface area contributed by atoms with E-state index in [1.54, 1.807) is 16.2 Å². The van der Waals surface area contributed by atoms with E-state index in [1.807, 2.05) is 0 Å². The monoisotopic (exact) mass is 313 g/mol. The Morgan fingerprint density at radius 1 is 1.37 bits per heavy atom. The lowest BCUT2D eigenvalue weighted by Gasteiger charge is -2.27. The normalized spacial score (nSPS) is 14.3. The summed E-state index contributed by atoms with van der Waals surface area (Å²) >= 11 is 13.4. The first-order valence-electron chi connectivity index (χ1n) is 5.68. The first-order valence-corrected chi connectivity index (χ1v) is 7.32. The third kappa shape index (κ3) is 2.45. The van der Waals surface area contributed by atoms with Crippen LogP contribution >= 0.6 is 34.5 Å². The lowest BCUT2D eigenvalue weighted by Crippen LogP contribution is -2.35. The van der Waals surface area contributed by atoms with Crippen LogP contribution < -0.4 is 0 Å². The van der Waals surface area contributed by atoms with Gasteiger partial charge in [0.2, 0.25) is 0 Å². The molecule has 0 radical (unpaired) electrons. The summed E-state index contributed by atoms with van der Waals surface area (Å²) in [5, 5.41) is 9.58. The second kappa shape index (κ2) is 5.07. The molecule has 4 nitrogen and oxygen atoms in total. The molecule has 0 N–H and O–H groups in total. The van der Waals surface area contributed by atoms with Crippen LogP contribution in [-0.4, -0.2) is 27.5 Å². The molecule has 1 aliphatic rings. The molecule has 2 aromatic rings. The van der Waals surface area contributed by atoms with Crippen LogP contribution in [-0.2, 0) is 13.0 Å². The van der Waals surface area contributed by atoms with Gasteiger partial charge in [-0.05, 0) is 29.5 Å². The minimum atomic E-state index is -0.154. The number of thiophene rings is 1. The van der Waals surface area contributed by atoms with Crippen LogP contribution in [0.1, 0.15) is 20.8 Å². The number of hydrogen-bond donors (Lipinski definition) is 0. The van der Waals surface area contributed by atoms with Gasteiger partial charge in [0.1, 0.15) is 0 Å². The number of rotatable bonds is 1. The molecule has 7 heteroatoms. The highest BCUT2D eigenvalue weighted by Gasteiger charge is 2.24. The van der Waals surface area contributed by atoms with Crippen molar-refractivity contribution in [3.05, 3.63) is 43.8 Å². The van der Waals surface area contributed by atoms with E-state index in [0.717, 1.165) is 6.42 Å². The van der Waals surface area contributed by atoms with Crippen LogP contribution in [0.2, 0.25) is 10.3 Å². The van der Waals surface area contributed by atoms with E-state index in [-0.39, 0.29) is 16.2 Å². The molecular formula is C12H9Cl2N3OS.